The van der Waals surface area contributed by atoms with Gasteiger partial charge in [0.15, 0.2) is 11.5 Å². The first-order chi connectivity index (χ1) is 12.0. The molecule has 1 aliphatic rings. The van der Waals surface area contributed by atoms with Crippen LogP contribution in [0.4, 0.5) is 0 Å². The van der Waals surface area contributed by atoms with E-state index in [-0.39, 0.29) is 6.79 Å². The number of aliphatic hydroxyl groups is 1. The third-order valence-electron chi connectivity index (χ3n) is 4.55. The summed E-state index contributed by atoms with van der Waals surface area (Å²) in [5, 5.41) is 12.3. The van der Waals surface area contributed by atoms with Crippen molar-refractivity contribution in [2.45, 2.75) is 33.4 Å². The van der Waals surface area contributed by atoms with Gasteiger partial charge >= 0.3 is 0 Å². The molecule has 5 nitrogen and oxygen atoms in total. The minimum absolute atomic E-state index is 0.288. The van der Waals surface area contributed by atoms with Crippen molar-refractivity contribution in [2.24, 2.45) is 0 Å². The molecule has 1 atom stereocenters. The zero-order valence-electron chi connectivity index (χ0n) is 15.0. The molecule has 0 unspecified atom stereocenters. The van der Waals surface area contributed by atoms with E-state index in [9.17, 15) is 5.11 Å². The van der Waals surface area contributed by atoms with Gasteiger partial charge in [-0.25, -0.2) is 0 Å². The van der Waals surface area contributed by atoms with E-state index in [0.717, 1.165) is 40.5 Å². The second kappa shape index (κ2) is 7.76. The van der Waals surface area contributed by atoms with Gasteiger partial charge in [-0.05, 0) is 55.7 Å². The quantitative estimate of drug-likeness (QED) is 0.804. The van der Waals surface area contributed by atoms with Crippen LogP contribution in [0.15, 0.2) is 30.3 Å². The van der Waals surface area contributed by atoms with Crippen LogP contribution in [0, 0.1) is 20.8 Å². The Hall–Kier alpha value is -2.24. The summed E-state index contributed by atoms with van der Waals surface area (Å²) in [6.07, 6.45) is -0.520. The summed E-state index contributed by atoms with van der Waals surface area (Å²) in [5.74, 6) is 2.47. The van der Waals surface area contributed by atoms with E-state index in [2.05, 4.69) is 31.3 Å². The molecule has 25 heavy (non-hydrogen) atoms. The predicted octanol–water partition coefficient (Wildman–Crippen LogP) is 1.84. The van der Waals surface area contributed by atoms with Crippen molar-refractivity contribution in [1.82, 2.24) is 0 Å². The molecule has 0 aromatic heterocycles. The number of hydrogen-bond acceptors (Lipinski definition) is 4. The molecule has 0 amide bonds. The van der Waals surface area contributed by atoms with E-state index in [0.29, 0.717) is 13.2 Å². The average Bonchev–Trinajstić information content (AvgIpc) is 3.06. The summed E-state index contributed by atoms with van der Waals surface area (Å²) in [6, 6.07) is 10.1. The summed E-state index contributed by atoms with van der Waals surface area (Å²) in [5.41, 5.74) is 4.57. The lowest BCUT2D eigenvalue weighted by atomic mass is 10.1. The van der Waals surface area contributed by atoms with E-state index in [1.165, 1.54) is 5.56 Å². The number of rotatable bonds is 7. The standard InChI is InChI=1S/C20H25NO4/c1-13-4-5-14(2)20(15(13)3)23-11-17(22)10-21-9-16-6-7-18-19(8-16)25-12-24-18/h4-8,17,21-22H,9-12H2,1-3H3/p+1/t17-/m1/s1. The van der Waals surface area contributed by atoms with E-state index in [1.807, 2.05) is 25.1 Å². The van der Waals surface area contributed by atoms with Gasteiger partial charge in [0.05, 0.1) is 0 Å². The number of hydrogen-bond donors (Lipinski definition) is 2. The van der Waals surface area contributed by atoms with Crippen LogP contribution >= 0.6 is 0 Å². The summed E-state index contributed by atoms with van der Waals surface area (Å²) < 4.78 is 16.6. The van der Waals surface area contributed by atoms with Gasteiger partial charge in [-0.1, -0.05) is 12.1 Å². The number of benzene rings is 2. The molecule has 1 heterocycles. The molecular formula is C20H26NO4+. The predicted molar refractivity (Wildman–Crippen MR) is 95.2 cm³/mol. The maximum absolute atomic E-state index is 10.2. The molecule has 134 valence electrons. The van der Waals surface area contributed by atoms with Gasteiger partial charge in [-0.15, -0.1) is 0 Å². The highest BCUT2D eigenvalue weighted by Gasteiger charge is 2.15. The highest BCUT2D eigenvalue weighted by Crippen LogP contribution is 2.32. The minimum Gasteiger partial charge on any atom is -0.490 e. The molecule has 0 saturated carbocycles. The lowest BCUT2D eigenvalue weighted by Crippen LogP contribution is -2.85. The first-order valence-corrected chi connectivity index (χ1v) is 8.62. The first-order valence-electron chi connectivity index (χ1n) is 8.62. The molecule has 5 heteroatoms. The summed E-state index contributed by atoms with van der Waals surface area (Å²) in [7, 11) is 0. The van der Waals surface area contributed by atoms with Crippen molar-refractivity contribution >= 4 is 0 Å². The Morgan fingerprint density at radius 2 is 1.84 bits per heavy atom. The number of ether oxygens (including phenoxy) is 3. The molecule has 3 N–H and O–H groups in total. The van der Waals surface area contributed by atoms with Crippen LogP contribution in [0.3, 0.4) is 0 Å². The highest BCUT2D eigenvalue weighted by molar-refractivity contribution is 5.45. The number of nitrogens with two attached hydrogens (primary N) is 1. The maximum Gasteiger partial charge on any atom is 0.231 e. The number of fused-ring (bicyclic) bond motifs is 1. The molecule has 1 aliphatic heterocycles. The monoisotopic (exact) mass is 344 g/mol. The Bertz CT molecular complexity index is 745. The number of quaternary nitrogens is 1. The zero-order valence-corrected chi connectivity index (χ0v) is 15.0. The lowest BCUT2D eigenvalue weighted by Gasteiger charge is -2.16. The van der Waals surface area contributed by atoms with Crippen LogP contribution < -0.4 is 19.5 Å². The van der Waals surface area contributed by atoms with Gasteiger partial charge in [0, 0.05) is 5.56 Å². The molecule has 3 rings (SSSR count). The van der Waals surface area contributed by atoms with Crippen LogP contribution in [0.1, 0.15) is 22.3 Å². The molecule has 0 aliphatic carbocycles. The largest absolute Gasteiger partial charge is 0.490 e. The van der Waals surface area contributed by atoms with Gasteiger partial charge in [-0.2, -0.15) is 0 Å². The van der Waals surface area contributed by atoms with E-state index < -0.39 is 6.10 Å². The van der Waals surface area contributed by atoms with Crippen molar-refractivity contribution in [3.05, 3.63) is 52.6 Å². The van der Waals surface area contributed by atoms with Gasteiger partial charge < -0.3 is 24.6 Å². The molecule has 0 spiro atoms. The smallest absolute Gasteiger partial charge is 0.231 e. The molecule has 2 aromatic carbocycles. The van der Waals surface area contributed by atoms with Crippen LogP contribution in [-0.2, 0) is 6.54 Å². The van der Waals surface area contributed by atoms with Crippen molar-refractivity contribution < 1.29 is 24.6 Å². The van der Waals surface area contributed by atoms with E-state index in [4.69, 9.17) is 14.2 Å². The summed E-state index contributed by atoms with van der Waals surface area (Å²) in [4.78, 5) is 0. The van der Waals surface area contributed by atoms with Crippen molar-refractivity contribution in [1.29, 1.82) is 0 Å². The van der Waals surface area contributed by atoms with Gasteiger partial charge in [0.2, 0.25) is 6.79 Å². The Balaban J connectivity index is 1.46. The lowest BCUT2D eigenvalue weighted by molar-refractivity contribution is -0.676. The van der Waals surface area contributed by atoms with Gasteiger partial charge in [-0.3, -0.25) is 0 Å². The van der Waals surface area contributed by atoms with Gasteiger partial charge in [0.25, 0.3) is 0 Å². The SMILES string of the molecule is Cc1ccc(C)c(OC[C@H](O)C[NH2+]Cc2ccc3c(c2)OCO3)c1C. The molecule has 2 aromatic rings. The highest BCUT2D eigenvalue weighted by atomic mass is 16.7. The topological polar surface area (TPSA) is 64.5 Å². The minimum atomic E-state index is -0.520. The third kappa shape index (κ3) is 4.24. The summed E-state index contributed by atoms with van der Waals surface area (Å²) >= 11 is 0. The van der Waals surface area contributed by atoms with Crippen molar-refractivity contribution in [2.75, 3.05) is 19.9 Å². The molecule has 0 saturated heterocycles. The fraction of sp³-hybridized carbons (Fsp3) is 0.400. The number of aliphatic hydroxyl groups excluding tert-OH is 1. The first kappa shape index (κ1) is 17.6. The molecule has 0 fully saturated rings. The molecule has 0 bridgehead atoms. The Morgan fingerprint density at radius 3 is 2.68 bits per heavy atom. The second-order valence-corrected chi connectivity index (χ2v) is 6.53. The van der Waals surface area contributed by atoms with Gasteiger partial charge in [0.1, 0.15) is 31.5 Å². The van der Waals surface area contributed by atoms with Crippen LogP contribution in [-0.4, -0.2) is 31.2 Å². The van der Waals surface area contributed by atoms with Crippen LogP contribution in [0.5, 0.6) is 17.2 Å². The fourth-order valence-corrected chi connectivity index (χ4v) is 2.91. The second-order valence-electron chi connectivity index (χ2n) is 6.53. The Kier molecular flexibility index (Phi) is 5.46. The van der Waals surface area contributed by atoms with E-state index in [1.54, 1.807) is 0 Å². The molecule has 0 radical (unpaired) electrons. The fourth-order valence-electron chi connectivity index (χ4n) is 2.91. The maximum atomic E-state index is 10.2. The number of aryl methyl sites for hydroxylation is 2. The normalized spacial score (nSPS) is 13.8. The zero-order chi connectivity index (χ0) is 17.8. The Labute approximate surface area is 148 Å². The molecular weight excluding hydrogens is 318 g/mol. The van der Waals surface area contributed by atoms with Crippen LogP contribution in [0.25, 0.3) is 0 Å². The Morgan fingerprint density at radius 1 is 1.08 bits per heavy atom. The third-order valence-corrected chi connectivity index (χ3v) is 4.55. The van der Waals surface area contributed by atoms with Crippen molar-refractivity contribution in [3.63, 3.8) is 0 Å². The van der Waals surface area contributed by atoms with Crippen LogP contribution in [0.2, 0.25) is 0 Å². The average molecular weight is 344 g/mol. The van der Waals surface area contributed by atoms with Crippen molar-refractivity contribution in [3.8, 4) is 17.2 Å². The summed E-state index contributed by atoms with van der Waals surface area (Å²) in [6.45, 7) is 8.08. The van der Waals surface area contributed by atoms with E-state index >= 15 is 0 Å².